The second-order valence-electron chi connectivity index (χ2n) is 17.4. The van der Waals surface area contributed by atoms with Crippen molar-refractivity contribution in [2.75, 3.05) is 0 Å². The molecule has 246 valence electrons. The minimum absolute atomic E-state index is 0.00374. The van der Waals surface area contributed by atoms with Gasteiger partial charge in [-0.1, -0.05) is 46.8 Å². The molecular weight excluding hydrogens is 560 g/mol. The third kappa shape index (κ3) is 4.13. The highest BCUT2D eigenvalue weighted by Gasteiger charge is 2.76. The lowest BCUT2D eigenvalue weighted by atomic mass is 9.34. The van der Waals surface area contributed by atoms with Gasteiger partial charge in [0, 0.05) is 5.41 Å². The van der Waals surface area contributed by atoms with Gasteiger partial charge in [0.1, 0.15) is 12.0 Å². The van der Waals surface area contributed by atoms with E-state index >= 15 is 0 Å². The highest BCUT2D eigenvalue weighted by Crippen LogP contribution is 2.79. The second-order valence-corrected chi connectivity index (χ2v) is 17.4. The molecule has 5 rings (SSSR count). The van der Waals surface area contributed by atoms with E-state index in [4.69, 9.17) is 4.74 Å². The Labute approximate surface area is 262 Å². The maximum absolute atomic E-state index is 13.3. The Morgan fingerprint density at radius 1 is 0.841 bits per heavy atom. The number of carboxylic acids is 3. The fourth-order valence-electron chi connectivity index (χ4n) is 12.6. The molecule has 0 aromatic carbocycles. The van der Waals surface area contributed by atoms with Crippen LogP contribution in [-0.2, 0) is 23.9 Å². The summed E-state index contributed by atoms with van der Waals surface area (Å²) in [5.74, 6) is -3.88. The maximum Gasteiger partial charge on any atom is 0.310 e. The Kier molecular flexibility index (Phi) is 7.54. The van der Waals surface area contributed by atoms with E-state index in [1.807, 2.05) is 20.8 Å². The van der Waals surface area contributed by atoms with Crippen molar-refractivity contribution in [3.05, 3.63) is 12.2 Å². The topological polar surface area (TPSA) is 138 Å². The number of fused-ring (bicyclic) bond motifs is 7. The lowest BCUT2D eigenvalue weighted by molar-refractivity contribution is -0.228. The molecule has 0 aromatic heterocycles. The molecule has 44 heavy (non-hydrogen) atoms. The number of rotatable bonds is 7. The SMILES string of the molecule is C=C(C)[C@@H]1CC[C@]2(C(=O)O)CC[C@]3(C)[C@H](CC[C@@H]4[C@@]5(C)[C@@H](C(=O)O)[C@H](OC(=O)CC(C)(C)C(=O)O)C(C)(C)[C@@H]5CC[C@]43C)[C@@H]12. The first-order valence-corrected chi connectivity index (χ1v) is 16.7. The van der Waals surface area contributed by atoms with Crippen molar-refractivity contribution in [2.24, 2.45) is 68.0 Å². The molecule has 8 nitrogen and oxygen atoms in total. The minimum atomic E-state index is -1.32. The Morgan fingerprint density at radius 2 is 1.48 bits per heavy atom. The van der Waals surface area contributed by atoms with Crippen LogP contribution < -0.4 is 0 Å². The Bertz CT molecular complexity index is 1280. The Hall–Kier alpha value is -2.38. The molecule has 0 amide bonds. The third-order valence-electron chi connectivity index (χ3n) is 15.0. The average Bonchev–Trinajstić information content (AvgIpc) is 3.36. The number of carbonyl (C=O) groups is 4. The molecule has 0 aliphatic heterocycles. The molecule has 0 unspecified atom stereocenters. The molecule has 5 fully saturated rings. The van der Waals surface area contributed by atoms with Crippen LogP contribution in [0.1, 0.15) is 113 Å². The Balaban J connectivity index is 1.55. The lowest BCUT2D eigenvalue weighted by Gasteiger charge is -2.70. The predicted octanol–water partition coefficient (Wildman–Crippen LogP) is 7.06. The van der Waals surface area contributed by atoms with Gasteiger partial charge in [-0.25, -0.2) is 0 Å². The molecule has 0 spiro atoms. The molecule has 3 N–H and O–H groups in total. The van der Waals surface area contributed by atoms with Crippen LogP contribution >= 0.6 is 0 Å². The summed E-state index contributed by atoms with van der Waals surface area (Å²) in [6.07, 6.45) is 5.17. The number of carboxylic acid groups (broad SMARTS) is 3. The zero-order valence-corrected chi connectivity index (χ0v) is 28.0. The fourth-order valence-corrected chi connectivity index (χ4v) is 12.6. The molecule has 0 bridgehead atoms. The number of allylic oxidation sites excluding steroid dienone is 1. The van der Waals surface area contributed by atoms with Crippen molar-refractivity contribution in [1.29, 1.82) is 0 Å². The number of hydrogen-bond acceptors (Lipinski definition) is 5. The summed E-state index contributed by atoms with van der Waals surface area (Å²) >= 11 is 0. The van der Waals surface area contributed by atoms with Crippen LogP contribution in [0.5, 0.6) is 0 Å². The molecule has 0 radical (unpaired) electrons. The standard InChI is InChI=1S/C36H54O8/c1-19(2)20-12-15-36(30(42)43)17-16-33(7)21(25(20)36)10-11-23-34(33,8)14-13-22-32(5,6)27(26(28(38)39)35(22,23)9)44-24(37)18-31(3,4)29(40)41/h20-23,25-27H,1,10-18H2,2-9H3,(H,38,39)(H,40,41)(H,42,43)/t20-,21+,22-,23-,25+,26+,27-,33+,34+,35-,36-/m0/s1. The summed E-state index contributed by atoms with van der Waals surface area (Å²) in [7, 11) is 0. The third-order valence-corrected chi connectivity index (χ3v) is 15.0. The van der Waals surface area contributed by atoms with E-state index in [1.54, 1.807) is 0 Å². The molecule has 0 heterocycles. The highest BCUT2D eigenvalue weighted by molar-refractivity contribution is 5.82. The van der Waals surface area contributed by atoms with Crippen LogP contribution in [0.4, 0.5) is 0 Å². The molecule has 5 aliphatic carbocycles. The summed E-state index contributed by atoms with van der Waals surface area (Å²) < 4.78 is 6.07. The van der Waals surface area contributed by atoms with E-state index in [-0.39, 0.29) is 46.8 Å². The number of esters is 1. The van der Waals surface area contributed by atoms with E-state index in [0.29, 0.717) is 12.8 Å². The quantitative estimate of drug-likeness (QED) is 0.205. The van der Waals surface area contributed by atoms with Crippen LogP contribution in [0, 0.1) is 68.0 Å². The number of carbonyl (C=O) groups excluding carboxylic acids is 1. The van der Waals surface area contributed by atoms with Gasteiger partial charge in [0.05, 0.1) is 17.3 Å². The van der Waals surface area contributed by atoms with Gasteiger partial charge < -0.3 is 20.1 Å². The number of hydrogen-bond donors (Lipinski definition) is 3. The molecule has 8 heteroatoms. The van der Waals surface area contributed by atoms with E-state index in [1.165, 1.54) is 13.8 Å². The van der Waals surface area contributed by atoms with Crippen molar-refractivity contribution in [3.63, 3.8) is 0 Å². The van der Waals surface area contributed by atoms with Crippen LogP contribution in [0.15, 0.2) is 12.2 Å². The predicted molar refractivity (Wildman–Crippen MR) is 164 cm³/mol. The van der Waals surface area contributed by atoms with Gasteiger partial charge in [0.2, 0.25) is 0 Å². The summed E-state index contributed by atoms with van der Waals surface area (Å²) in [6, 6.07) is 0. The van der Waals surface area contributed by atoms with E-state index in [0.717, 1.165) is 44.1 Å². The van der Waals surface area contributed by atoms with Crippen molar-refractivity contribution in [1.82, 2.24) is 0 Å². The van der Waals surface area contributed by atoms with Crippen LogP contribution in [-0.4, -0.2) is 45.3 Å². The normalized spacial score (nSPS) is 45.7. The monoisotopic (exact) mass is 614 g/mol. The number of aliphatic carboxylic acids is 3. The van der Waals surface area contributed by atoms with Crippen LogP contribution in [0.2, 0.25) is 0 Å². The first-order valence-electron chi connectivity index (χ1n) is 16.7. The second kappa shape index (κ2) is 10.1. The maximum atomic E-state index is 13.3. The van der Waals surface area contributed by atoms with E-state index < -0.39 is 57.6 Å². The summed E-state index contributed by atoms with van der Waals surface area (Å²) in [5, 5.41) is 31.1. The first kappa shape index (κ1) is 33.0. The molecule has 0 aromatic rings. The smallest absolute Gasteiger partial charge is 0.310 e. The van der Waals surface area contributed by atoms with Gasteiger partial charge in [-0.05, 0) is 118 Å². The molecule has 11 atom stereocenters. The average molecular weight is 615 g/mol. The molecule has 5 aliphatic rings. The van der Waals surface area contributed by atoms with Gasteiger partial charge in [-0.15, -0.1) is 0 Å². The van der Waals surface area contributed by atoms with Crippen molar-refractivity contribution in [3.8, 4) is 0 Å². The van der Waals surface area contributed by atoms with E-state index in [2.05, 4.69) is 27.4 Å². The molecule has 0 saturated heterocycles. The molecule has 5 saturated carbocycles. The van der Waals surface area contributed by atoms with Crippen molar-refractivity contribution in [2.45, 2.75) is 119 Å². The summed E-state index contributed by atoms with van der Waals surface area (Å²) in [4.78, 5) is 51.2. The molecular formula is C36H54O8. The van der Waals surface area contributed by atoms with Gasteiger partial charge in [0.25, 0.3) is 0 Å². The minimum Gasteiger partial charge on any atom is -0.481 e. The Morgan fingerprint density at radius 3 is 2.02 bits per heavy atom. The first-order chi connectivity index (χ1) is 20.1. The largest absolute Gasteiger partial charge is 0.481 e. The van der Waals surface area contributed by atoms with Crippen LogP contribution in [0.25, 0.3) is 0 Å². The highest BCUT2D eigenvalue weighted by atomic mass is 16.5. The van der Waals surface area contributed by atoms with Gasteiger partial charge >= 0.3 is 23.9 Å². The summed E-state index contributed by atoms with van der Waals surface area (Å²) in [5.41, 5.74) is -2.64. The van der Waals surface area contributed by atoms with Crippen LogP contribution in [0.3, 0.4) is 0 Å². The zero-order chi connectivity index (χ0) is 33.0. The fraction of sp³-hybridized carbons (Fsp3) is 0.833. The van der Waals surface area contributed by atoms with Gasteiger partial charge in [-0.2, -0.15) is 0 Å². The zero-order valence-electron chi connectivity index (χ0n) is 28.0. The van der Waals surface area contributed by atoms with Gasteiger partial charge in [0.15, 0.2) is 0 Å². The lowest BCUT2D eigenvalue weighted by Crippen LogP contribution is -2.65. The number of ether oxygens (including phenoxy) is 1. The van der Waals surface area contributed by atoms with Crippen molar-refractivity contribution < 1.29 is 39.2 Å². The van der Waals surface area contributed by atoms with Crippen molar-refractivity contribution >= 4 is 23.9 Å². The van der Waals surface area contributed by atoms with E-state index in [9.17, 15) is 34.5 Å². The van der Waals surface area contributed by atoms with Gasteiger partial charge in [-0.3, -0.25) is 19.2 Å². The summed E-state index contributed by atoms with van der Waals surface area (Å²) in [6.45, 7) is 20.2.